The van der Waals surface area contributed by atoms with Crippen LogP contribution in [0.5, 0.6) is 0 Å². The van der Waals surface area contributed by atoms with Crippen LogP contribution in [0.4, 0.5) is 18.9 Å². The lowest BCUT2D eigenvalue weighted by molar-refractivity contribution is -0.384. The Hall–Kier alpha value is -2.57. The van der Waals surface area contributed by atoms with Crippen molar-refractivity contribution < 1.29 is 31.6 Å². The fourth-order valence-corrected chi connectivity index (χ4v) is 3.86. The first-order chi connectivity index (χ1) is 12.6. The van der Waals surface area contributed by atoms with Crippen LogP contribution in [-0.4, -0.2) is 40.9 Å². The normalized spacial score (nSPS) is 12.3. The van der Waals surface area contributed by atoms with E-state index in [2.05, 4.69) is 4.98 Å². The zero-order valence-electron chi connectivity index (χ0n) is 13.6. The summed E-state index contributed by atoms with van der Waals surface area (Å²) in [6.45, 7) is -1.48. The van der Waals surface area contributed by atoms with Crippen molar-refractivity contribution in [2.24, 2.45) is 0 Å². The Kier molecular flexibility index (Phi) is 6.13. The first kappa shape index (κ1) is 20.7. The number of aliphatic hydroxyl groups is 1. The summed E-state index contributed by atoms with van der Waals surface area (Å²) in [7, 11) is -4.64. The number of nitro groups is 1. The fourth-order valence-electron chi connectivity index (χ4n) is 2.28. The van der Waals surface area contributed by atoms with Gasteiger partial charge in [-0.3, -0.25) is 15.1 Å². The average Bonchev–Trinajstić information content (AvgIpc) is 2.61. The maximum Gasteiger partial charge on any atom is 0.417 e. The standard InChI is InChI=1S/C15H14F3N3O5S/c16-15(17,18)13-5-6-19-9-14(13)27(25,26)20(7-8-22)10-11-1-3-12(4-2-11)21(23)24/h1-6,9,22H,7-8,10H2. The highest BCUT2D eigenvalue weighted by Crippen LogP contribution is 2.35. The highest BCUT2D eigenvalue weighted by Gasteiger charge is 2.39. The van der Waals surface area contributed by atoms with Crippen LogP contribution in [0, 0.1) is 10.1 Å². The molecule has 12 heteroatoms. The summed E-state index contributed by atoms with van der Waals surface area (Å²) in [5, 5.41) is 19.8. The Labute approximate surface area is 152 Å². The molecule has 146 valence electrons. The highest BCUT2D eigenvalue weighted by atomic mass is 32.2. The summed E-state index contributed by atoms with van der Waals surface area (Å²) in [5.74, 6) is 0. The summed E-state index contributed by atoms with van der Waals surface area (Å²) in [6, 6.07) is 5.41. The van der Waals surface area contributed by atoms with E-state index in [4.69, 9.17) is 5.11 Å². The van der Waals surface area contributed by atoms with Gasteiger partial charge in [-0.25, -0.2) is 8.42 Å². The monoisotopic (exact) mass is 405 g/mol. The molecule has 0 spiro atoms. The van der Waals surface area contributed by atoms with Gasteiger partial charge in [-0.05, 0) is 11.6 Å². The molecule has 0 saturated carbocycles. The van der Waals surface area contributed by atoms with E-state index in [1.165, 1.54) is 12.1 Å². The number of hydrogen-bond donors (Lipinski definition) is 1. The van der Waals surface area contributed by atoms with Crippen LogP contribution < -0.4 is 0 Å². The van der Waals surface area contributed by atoms with Crippen molar-refractivity contribution in [2.45, 2.75) is 17.6 Å². The van der Waals surface area contributed by atoms with Crippen molar-refractivity contribution in [1.29, 1.82) is 0 Å². The zero-order valence-corrected chi connectivity index (χ0v) is 14.4. The van der Waals surface area contributed by atoms with Crippen LogP contribution >= 0.6 is 0 Å². The number of benzene rings is 1. The van der Waals surface area contributed by atoms with E-state index in [0.717, 1.165) is 18.3 Å². The predicted octanol–water partition coefficient (Wildman–Crippen LogP) is 2.19. The first-order valence-corrected chi connectivity index (χ1v) is 8.87. The summed E-state index contributed by atoms with van der Waals surface area (Å²) in [5.41, 5.74) is -1.29. The minimum absolute atomic E-state index is 0.220. The van der Waals surface area contributed by atoms with Crippen molar-refractivity contribution in [3.8, 4) is 0 Å². The summed E-state index contributed by atoms with van der Waals surface area (Å²) in [6.07, 6.45) is -3.49. The lowest BCUT2D eigenvalue weighted by atomic mass is 10.2. The Morgan fingerprint density at radius 3 is 2.33 bits per heavy atom. The van der Waals surface area contributed by atoms with E-state index in [9.17, 15) is 31.7 Å². The smallest absolute Gasteiger partial charge is 0.395 e. The Balaban J connectivity index is 2.42. The topological polar surface area (TPSA) is 114 Å². The largest absolute Gasteiger partial charge is 0.417 e. The van der Waals surface area contributed by atoms with Gasteiger partial charge in [0.25, 0.3) is 5.69 Å². The maximum atomic E-state index is 13.2. The number of nitro benzene ring substituents is 1. The van der Waals surface area contributed by atoms with Gasteiger partial charge in [0.05, 0.1) is 17.1 Å². The SMILES string of the molecule is O=[N+]([O-])c1ccc(CN(CCO)S(=O)(=O)c2cnccc2C(F)(F)F)cc1. The lowest BCUT2D eigenvalue weighted by Crippen LogP contribution is -2.34. The van der Waals surface area contributed by atoms with Gasteiger partial charge in [-0.2, -0.15) is 17.5 Å². The molecule has 27 heavy (non-hydrogen) atoms. The summed E-state index contributed by atoms with van der Waals surface area (Å²) >= 11 is 0. The number of non-ortho nitro benzene ring substituents is 1. The molecule has 1 aromatic heterocycles. The summed E-state index contributed by atoms with van der Waals surface area (Å²) in [4.78, 5) is 12.5. The number of hydrogen-bond acceptors (Lipinski definition) is 6. The van der Waals surface area contributed by atoms with Gasteiger partial charge in [-0.1, -0.05) is 12.1 Å². The van der Waals surface area contributed by atoms with Crippen LogP contribution in [0.25, 0.3) is 0 Å². The second-order valence-electron chi connectivity index (χ2n) is 5.36. The molecule has 0 aliphatic heterocycles. The van der Waals surface area contributed by atoms with Gasteiger partial charge in [0.1, 0.15) is 4.90 Å². The number of nitrogens with zero attached hydrogens (tertiary/aromatic N) is 3. The van der Waals surface area contributed by atoms with E-state index in [1.54, 1.807) is 0 Å². The maximum absolute atomic E-state index is 13.2. The second kappa shape index (κ2) is 7.98. The molecule has 0 fully saturated rings. The van der Waals surface area contributed by atoms with Gasteiger partial charge < -0.3 is 5.11 Å². The van der Waals surface area contributed by atoms with Crippen molar-refractivity contribution in [3.63, 3.8) is 0 Å². The van der Waals surface area contributed by atoms with Crippen LogP contribution in [-0.2, 0) is 22.7 Å². The molecule has 2 rings (SSSR count). The Morgan fingerprint density at radius 1 is 1.19 bits per heavy atom. The number of aliphatic hydroxyl groups excluding tert-OH is 1. The molecular formula is C15H14F3N3O5S. The lowest BCUT2D eigenvalue weighted by Gasteiger charge is -2.23. The Bertz CT molecular complexity index is 917. The third kappa shape index (κ3) is 4.78. The van der Waals surface area contributed by atoms with E-state index >= 15 is 0 Å². The minimum atomic E-state index is -4.91. The van der Waals surface area contributed by atoms with Crippen LogP contribution in [0.3, 0.4) is 0 Å². The molecule has 2 aromatic rings. The quantitative estimate of drug-likeness (QED) is 0.558. The molecule has 1 heterocycles. The van der Waals surface area contributed by atoms with Crippen LogP contribution in [0.2, 0.25) is 0 Å². The number of pyridine rings is 1. The molecule has 0 aliphatic carbocycles. The predicted molar refractivity (Wildman–Crippen MR) is 87.0 cm³/mol. The second-order valence-corrected chi connectivity index (χ2v) is 7.26. The molecule has 0 radical (unpaired) electrons. The number of rotatable bonds is 7. The molecule has 1 N–H and O–H groups in total. The van der Waals surface area contributed by atoms with Gasteiger partial charge in [0.2, 0.25) is 10.0 Å². The molecule has 0 saturated heterocycles. The van der Waals surface area contributed by atoms with Crippen molar-refractivity contribution in [2.75, 3.05) is 13.2 Å². The van der Waals surface area contributed by atoms with Crippen LogP contribution in [0.1, 0.15) is 11.1 Å². The highest BCUT2D eigenvalue weighted by molar-refractivity contribution is 7.89. The molecule has 0 bridgehead atoms. The van der Waals surface area contributed by atoms with E-state index in [0.29, 0.717) is 22.1 Å². The van der Waals surface area contributed by atoms with E-state index in [1.807, 2.05) is 0 Å². The van der Waals surface area contributed by atoms with Crippen molar-refractivity contribution in [3.05, 3.63) is 64.0 Å². The van der Waals surface area contributed by atoms with Crippen LogP contribution in [0.15, 0.2) is 47.6 Å². The minimum Gasteiger partial charge on any atom is -0.395 e. The molecule has 0 unspecified atom stereocenters. The van der Waals surface area contributed by atoms with Crippen molar-refractivity contribution >= 4 is 15.7 Å². The third-order valence-corrected chi connectivity index (χ3v) is 5.44. The van der Waals surface area contributed by atoms with E-state index < -0.39 is 44.7 Å². The number of sulfonamides is 1. The molecule has 0 aliphatic rings. The molecular weight excluding hydrogens is 391 g/mol. The third-order valence-electron chi connectivity index (χ3n) is 3.56. The fraction of sp³-hybridized carbons (Fsp3) is 0.267. The van der Waals surface area contributed by atoms with E-state index in [-0.39, 0.29) is 12.2 Å². The number of halogens is 3. The summed E-state index contributed by atoms with van der Waals surface area (Å²) < 4.78 is 65.6. The molecule has 1 aromatic carbocycles. The van der Waals surface area contributed by atoms with Gasteiger partial charge >= 0.3 is 6.18 Å². The molecule has 0 atom stereocenters. The zero-order chi connectivity index (χ0) is 20.2. The molecule has 8 nitrogen and oxygen atoms in total. The van der Waals surface area contributed by atoms with Gasteiger partial charge in [0, 0.05) is 37.6 Å². The van der Waals surface area contributed by atoms with Gasteiger partial charge in [0.15, 0.2) is 0 Å². The van der Waals surface area contributed by atoms with Crippen molar-refractivity contribution in [1.82, 2.24) is 9.29 Å². The number of aromatic nitrogens is 1. The van der Waals surface area contributed by atoms with Gasteiger partial charge in [-0.15, -0.1) is 0 Å². The first-order valence-electron chi connectivity index (χ1n) is 7.43. The molecule has 0 amide bonds. The Morgan fingerprint density at radius 2 is 1.81 bits per heavy atom. The average molecular weight is 405 g/mol. The number of alkyl halides is 3.